The van der Waals surface area contributed by atoms with E-state index in [4.69, 9.17) is 14.9 Å². The Labute approximate surface area is 174 Å². The van der Waals surface area contributed by atoms with Crippen molar-refractivity contribution in [2.75, 3.05) is 26.9 Å². The van der Waals surface area contributed by atoms with E-state index < -0.39 is 11.0 Å². The van der Waals surface area contributed by atoms with Crippen molar-refractivity contribution in [1.82, 2.24) is 5.01 Å². The maximum atomic E-state index is 11.8. The van der Waals surface area contributed by atoms with Crippen LogP contribution in [0.25, 0.3) is 0 Å². The maximum Gasteiger partial charge on any atom is 0.114 e. The lowest BCUT2D eigenvalue weighted by Crippen LogP contribution is -2.47. The van der Waals surface area contributed by atoms with Crippen LogP contribution in [0.2, 0.25) is 0 Å². The van der Waals surface area contributed by atoms with E-state index in [1.165, 1.54) is 0 Å². The summed E-state index contributed by atoms with van der Waals surface area (Å²) >= 11 is 0. The van der Waals surface area contributed by atoms with Crippen LogP contribution in [-0.4, -0.2) is 53.8 Å². The molecule has 1 heterocycles. The van der Waals surface area contributed by atoms with Crippen molar-refractivity contribution in [3.8, 4) is 0 Å². The number of methoxy groups -OCH3 is 1. The molecule has 0 aromatic heterocycles. The number of hydrazone groups is 1. The summed E-state index contributed by atoms with van der Waals surface area (Å²) in [5, 5.41) is 28.2. The number of nitrogens with zero attached hydrogens (tertiary/aromatic N) is 2. The fraction of sp³-hybridized carbons (Fsp3) is 0.542. The van der Waals surface area contributed by atoms with E-state index in [-0.39, 0.29) is 6.61 Å². The zero-order chi connectivity index (χ0) is 21.1. The van der Waals surface area contributed by atoms with Crippen molar-refractivity contribution in [1.29, 1.82) is 0 Å². The van der Waals surface area contributed by atoms with E-state index in [9.17, 15) is 5.11 Å². The number of hydrogen-bond donors (Lipinski definition) is 2. The highest BCUT2D eigenvalue weighted by Gasteiger charge is 2.49. The van der Waals surface area contributed by atoms with Gasteiger partial charge in [0.05, 0.1) is 25.0 Å². The number of hydrogen-bond acceptors (Lipinski definition) is 5. The molecule has 0 amide bonds. The fourth-order valence-electron chi connectivity index (χ4n) is 4.42. The molecular formula is C24H34N2O3. The zero-order valence-electron chi connectivity index (χ0n) is 18.1. The van der Waals surface area contributed by atoms with Crippen LogP contribution < -0.4 is 0 Å². The Morgan fingerprint density at radius 2 is 2.10 bits per heavy atom. The van der Waals surface area contributed by atoms with Crippen LogP contribution in [0.4, 0.5) is 0 Å². The van der Waals surface area contributed by atoms with E-state index in [0.29, 0.717) is 19.1 Å². The fourth-order valence-corrected chi connectivity index (χ4v) is 4.42. The Balaban J connectivity index is 2.04. The zero-order valence-corrected chi connectivity index (χ0v) is 18.1. The molecule has 1 saturated heterocycles. The second-order valence-corrected chi connectivity index (χ2v) is 8.80. The molecular weight excluding hydrogens is 364 g/mol. The summed E-state index contributed by atoms with van der Waals surface area (Å²) in [5.41, 5.74) is 2.27. The van der Waals surface area contributed by atoms with Crippen LogP contribution in [0.15, 0.2) is 53.2 Å². The molecule has 0 spiro atoms. The first kappa shape index (κ1) is 21.8. The number of aliphatic hydroxyl groups is 2. The normalized spacial score (nSPS) is 28.3. The van der Waals surface area contributed by atoms with Crippen LogP contribution in [0, 0.1) is 5.41 Å². The minimum atomic E-state index is -1.12. The molecule has 2 N–H and O–H groups in total. The van der Waals surface area contributed by atoms with Gasteiger partial charge in [-0.1, -0.05) is 55.8 Å². The Kier molecular flexibility index (Phi) is 6.62. The first-order valence-electron chi connectivity index (χ1n) is 10.4. The molecule has 158 valence electrons. The average molecular weight is 399 g/mol. The molecule has 5 nitrogen and oxygen atoms in total. The molecule has 0 bridgehead atoms. The number of fused-ring (bicyclic) bond motifs is 1. The van der Waals surface area contributed by atoms with Gasteiger partial charge in [0.25, 0.3) is 0 Å². The molecule has 2 aliphatic rings. The lowest BCUT2D eigenvalue weighted by molar-refractivity contribution is -0.0294. The third-order valence-corrected chi connectivity index (χ3v) is 6.24. The van der Waals surface area contributed by atoms with Gasteiger partial charge in [0.2, 0.25) is 0 Å². The summed E-state index contributed by atoms with van der Waals surface area (Å²) in [6.07, 6.45) is 8.39. The Bertz CT molecular complexity index is 812. The third-order valence-electron chi connectivity index (χ3n) is 6.24. The summed E-state index contributed by atoms with van der Waals surface area (Å²) < 4.78 is 5.38. The van der Waals surface area contributed by atoms with Crippen LogP contribution >= 0.6 is 0 Å². The van der Waals surface area contributed by atoms with Crippen LogP contribution in [-0.2, 0) is 10.3 Å². The number of benzene rings is 1. The quantitative estimate of drug-likeness (QED) is 0.719. The van der Waals surface area contributed by atoms with Crippen LogP contribution in [0.3, 0.4) is 0 Å². The van der Waals surface area contributed by atoms with Gasteiger partial charge in [-0.25, -0.2) is 0 Å². The summed E-state index contributed by atoms with van der Waals surface area (Å²) in [6.45, 7) is 7.72. The molecule has 0 radical (unpaired) electrons. The molecule has 1 aliphatic heterocycles. The van der Waals surface area contributed by atoms with Crippen molar-refractivity contribution in [3.05, 3.63) is 59.2 Å². The van der Waals surface area contributed by atoms with E-state index in [1.807, 2.05) is 37.3 Å². The lowest BCUT2D eigenvalue weighted by atomic mass is 9.62. The minimum Gasteiger partial charge on any atom is -0.392 e. The largest absolute Gasteiger partial charge is 0.392 e. The molecule has 1 fully saturated rings. The highest BCUT2D eigenvalue weighted by molar-refractivity contribution is 6.03. The third kappa shape index (κ3) is 4.32. The molecule has 1 aliphatic carbocycles. The second kappa shape index (κ2) is 8.82. The van der Waals surface area contributed by atoms with Gasteiger partial charge in [-0.15, -0.1) is 0 Å². The van der Waals surface area contributed by atoms with Crippen molar-refractivity contribution in [2.45, 2.75) is 51.7 Å². The SMILES string of the molecule is COC[C@H]1CCCN1/N=C1\CC(C)(C)[C@@](O)(/C=C/C(C)=C\CO)c2ccccc21. The standard InChI is InChI=1S/C24H34N2O3/c1-18(12-15-27)11-13-24(28)21-10-6-5-9-20(21)22(16-23(24,2)3)25-26-14-7-8-19(26)17-29-4/h5-6,9-13,19,27-28H,7-8,14-17H2,1-4H3/b13-11+,18-12-,25-22+/t19-,24-/m1/s1. The van der Waals surface area contributed by atoms with Crippen molar-refractivity contribution < 1.29 is 14.9 Å². The summed E-state index contributed by atoms with van der Waals surface area (Å²) in [5.74, 6) is 0. The van der Waals surface area contributed by atoms with E-state index in [1.54, 1.807) is 13.2 Å². The molecule has 1 aromatic carbocycles. The van der Waals surface area contributed by atoms with Crippen LogP contribution in [0.1, 0.15) is 51.2 Å². The molecule has 5 heteroatoms. The van der Waals surface area contributed by atoms with E-state index in [0.717, 1.165) is 41.8 Å². The molecule has 29 heavy (non-hydrogen) atoms. The maximum absolute atomic E-state index is 11.8. The summed E-state index contributed by atoms with van der Waals surface area (Å²) in [4.78, 5) is 0. The molecule has 0 unspecified atom stereocenters. The molecule has 0 saturated carbocycles. The number of aliphatic hydroxyl groups excluding tert-OH is 1. The lowest BCUT2D eigenvalue weighted by Gasteiger charge is -2.46. The predicted molar refractivity (Wildman–Crippen MR) is 117 cm³/mol. The Hall–Kier alpha value is -1.95. The van der Waals surface area contributed by atoms with Gasteiger partial charge in [-0.3, -0.25) is 5.01 Å². The van der Waals surface area contributed by atoms with Gasteiger partial charge < -0.3 is 14.9 Å². The summed E-state index contributed by atoms with van der Waals surface area (Å²) in [7, 11) is 1.74. The first-order valence-corrected chi connectivity index (χ1v) is 10.4. The molecule has 3 rings (SSSR count). The van der Waals surface area contributed by atoms with E-state index >= 15 is 0 Å². The van der Waals surface area contributed by atoms with Crippen molar-refractivity contribution >= 4 is 5.71 Å². The Morgan fingerprint density at radius 1 is 1.34 bits per heavy atom. The van der Waals surface area contributed by atoms with Crippen molar-refractivity contribution in [3.63, 3.8) is 0 Å². The van der Waals surface area contributed by atoms with Gasteiger partial charge in [-0.2, -0.15) is 5.10 Å². The predicted octanol–water partition coefficient (Wildman–Crippen LogP) is 3.61. The highest BCUT2D eigenvalue weighted by atomic mass is 16.5. The number of ether oxygens (including phenoxy) is 1. The van der Waals surface area contributed by atoms with Gasteiger partial charge in [0, 0.05) is 31.1 Å². The van der Waals surface area contributed by atoms with E-state index in [2.05, 4.69) is 24.9 Å². The second-order valence-electron chi connectivity index (χ2n) is 8.80. The van der Waals surface area contributed by atoms with Crippen LogP contribution in [0.5, 0.6) is 0 Å². The molecule has 2 atom stereocenters. The van der Waals surface area contributed by atoms with Gasteiger partial charge >= 0.3 is 0 Å². The molecule has 1 aromatic rings. The van der Waals surface area contributed by atoms with Gasteiger partial charge in [0.1, 0.15) is 5.60 Å². The summed E-state index contributed by atoms with van der Waals surface area (Å²) in [6, 6.07) is 8.34. The number of rotatable bonds is 6. The number of allylic oxidation sites excluding steroid dienone is 2. The van der Waals surface area contributed by atoms with Crippen molar-refractivity contribution in [2.24, 2.45) is 10.5 Å². The Morgan fingerprint density at radius 3 is 2.83 bits per heavy atom. The monoisotopic (exact) mass is 398 g/mol. The highest BCUT2D eigenvalue weighted by Crippen LogP contribution is 2.49. The first-order chi connectivity index (χ1) is 13.8. The minimum absolute atomic E-state index is 0.0101. The van der Waals surface area contributed by atoms with Gasteiger partial charge in [0.15, 0.2) is 0 Å². The van der Waals surface area contributed by atoms with Gasteiger partial charge in [-0.05, 0) is 31.4 Å². The topological polar surface area (TPSA) is 65.3 Å². The average Bonchev–Trinajstić information content (AvgIpc) is 3.12. The smallest absolute Gasteiger partial charge is 0.114 e.